The van der Waals surface area contributed by atoms with Crippen molar-refractivity contribution >= 4 is 17.3 Å². The van der Waals surface area contributed by atoms with E-state index >= 15 is 0 Å². The Labute approximate surface area is 128 Å². The van der Waals surface area contributed by atoms with Crippen LogP contribution in [0.2, 0.25) is 5.02 Å². The smallest absolute Gasteiger partial charge is 0.0642 e. The molecule has 0 amide bonds. The van der Waals surface area contributed by atoms with Crippen LogP contribution in [0.4, 0.5) is 5.69 Å². The minimum atomic E-state index is 0.591. The molecular weight excluding hydrogens is 268 g/mol. The lowest BCUT2D eigenvalue weighted by atomic mass is 9.94. The van der Waals surface area contributed by atoms with Crippen LogP contribution in [-0.4, -0.2) is 19.1 Å². The molecule has 0 radical (unpaired) electrons. The van der Waals surface area contributed by atoms with Gasteiger partial charge in [0.2, 0.25) is 0 Å². The van der Waals surface area contributed by atoms with Crippen molar-refractivity contribution in [2.24, 2.45) is 5.92 Å². The van der Waals surface area contributed by atoms with E-state index in [0.717, 1.165) is 37.0 Å². The van der Waals surface area contributed by atoms with Gasteiger partial charge in [0.05, 0.1) is 10.7 Å². The lowest BCUT2D eigenvalue weighted by Gasteiger charge is -2.39. The van der Waals surface area contributed by atoms with Crippen LogP contribution in [0.15, 0.2) is 18.2 Å². The van der Waals surface area contributed by atoms with Gasteiger partial charge in [0.1, 0.15) is 0 Å². The average molecular weight is 295 g/mol. The Balaban J connectivity index is 2.08. The number of nitrogens with one attached hydrogen (secondary N) is 1. The van der Waals surface area contributed by atoms with Crippen LogP contribution in [0.1, 0.15) is 45.6 Å². The number of hydrogen-bond acceptors (Lipinski definition) is 2. The molecule has 1 N–H and O–H groups in total. The van der Waals surface area contributed by atoms with E-state index in [2.05, 4.69) is 49.2 Å². The first-order valence-electron chi connectivity index (χ1n) is 7.87. The Kier molecular flexibility index (Phi) is 5.74. The molecule has 2 rings (SSSR count). The molecule has 1 aliphatic rings. The molecule has 0 aliphatic carbocycles. The molecule has 2 nitrogen and oxygen atoms in total. The Morgan fingerprint density at radius 1 is 1.30 bits per heavy atom. The molecule has 1 aliphatic heterocycles. The largest absolute Gasteiger partial charge is 0.367 e. The molecule has 1 heterocycles. The fourth-order valence-electron chi connectivity index (χ4n) is 2.93. The van der Waals surface area contributed by atoms with Gasteiger partial charge in [0, 0.05) is 19.1 Å². The molecule has 112 valence electrons. The van der Waals surface area contributed by atoms with Crippen LogP contribution in [0.3, 0.4) is 0 Å². The van der Waals surface area contributed by atoms with Gasteiger partial charge in [-0.1, -0.05) is 31.5 Å². The topological polar surface area (TPSA) is 15.3 Å². The standard InChI is InChI=1S/C17H27ClN2/c1-4-9-19-11-15-7-8-17(16(18)10-15)20-12-13(2)5-6-14(20)3/h7-8,10,13-14,19H,4-6,9,11-12H2,1-3H3. The zero-order valence-electron chi connectivity index (χ0n) is 13.0. The van der Waals surface area contributed by atoms with E-state index in [4.69, 9.17) is 11.6 Å². The monoisotopic (exact) mass is 294 g/mol. The van der Waals surface area contributed by atoms with E-state index in [0.29, 0.717) is 6.04 Å². The Bertz CT molecular complexity index is 433. The second-order valence-electron chi connectivity index (χ2n) is 6.15. The number of rotatable bonds is 5. The third-order valence-corrected chi connectivity index (χ3v) is 4.50. The summed E-state index contributed by atoms with van der Waals surface area (Å²) in [6.45, 7) is 9.89. The third-order valence-electron chi connectivity index (χ3n) is 4.20. The van der Waals surface area contributed by atoms with E-state index in [1.54, 1.807) is 0 Å². The molecular formula is C17H27ClN2. The zero-order valence-corrected chi connectivity index (χ0v) is 13.7. The van der Waals surface area contributed by atoms with E-state index < -0.39 is 0 Å². The second kappa shape index (κ2) is 7.33. The SMILES string of the molecule is CCCNCc1ccc(N2CC(C)CCC2C)c(Cl)c1. The van der Waals surface area contributed by atoms with Gasteiger partial charge < -0.3 is 10.2 Å². The summed E-state index contributed by atoms with van der Waals surface area (Å²) in [5.74, 6) is 0.758. The van der Waals surface area contributed by atoms with Crippen LogP contribution in [0.5, 0.6) is 0 Å². The van der Waals surface area contributed by atoms with Gasteiger partial charge in [-0.15, -0.1) is 0 Å². The molecule has 1 fully saturated rings. The van der Waals surface area contributed by atoms with Crippen molar-refractivity contribution in [1.82, 2.24) is 5.32 Å². The molecule has 3 heteroatoms. The maximum atomic E-state index is 6.52. The summed E-state index contributed by atoms with van der Waals surface area (Å²) >= 11 is 6.52. The first-order valence-corrected chi connectivity index (χ1v) is 8.25. The average Bonchev–Trinajstić information content (AvgIpc) is 2.42. The highest BCUT2D eigenvalue weighted by Gasteiger charge is 2.24. The molecule has 0 saturated carbocycles. The Morgan fingerprint density at radius 2 is 2.10 bits per heavy atom. The molecule has 1 aromatic carbocycles. The van der Waals surface area contributed by atoms with Crippen molar-refractivity contribution in [3.05, 3.63) is 28.8 Å². The highest BCUT2D eigenvalue weighted by Crippen LogP contribution is 2.33. The normalized spacial score (nSPS) is 23.1. The maximum Gasteiger partial charge on any atom is 0.0642 e. The summed E-state index contributed by atoms with van der Waals surface area (Å²) < 4.78 is 0. The van der Waals surface area contributed by atoms with Gasteiger partial charge in [-0.05, 0) is 56.3 Å². The summed E-state index contributed by atoms with van der Waals surface area (Å²) in [6, 6.07) is 7.11. The molecule has 1 aromatic rings. The van der Waals surface area contributed by atoms with Crippen LogP contribution in [-0.2, 0) is 6.54 Å². The van der Waals surface area contributed by atoms with Gasteiger partial charge in [0.15, 0.2) is 0 Å². The predicted octanol–water partition coefficient (Wildman–Crippen LogP) is 4.46. The van der Waals surface area contributed by atoms with Crippen molar-refractivity contribution < 1.29 is 0 Å². The minimum absolute atomic E-state index is 0.591. The van der Waals surface area contributed by atoms with E-state index in [1.807, 2.05) is 0 Å². The maximum absolute atomic E-state index is 6.52. The molecule has 2 atom stereocenters. The summed E-state index contributed by atoms with van der Waals surface area (Å²) in [6.07, 6.45) is 3.75. The zero-order chi connectivity index (χ0) is 14.5. The number of piperidine rings is 1. The van der Waals surface area contributed by atoms with Crippen molar-refractivity contribution in [2.75, 3.05) is 18.0 Å². The first-order chi connectivity index (χ1) is 9.61. The molecule has 0 spiro atoms. The highest BCUT2D eigenvalue weighted by atomic mass is 35.5. The van der Waals surface area contributed by atoms with Gasteiger partial charge in [-0.3, -0.25) is 0 Å². The fourth-order valence-corrected chi connectivity index (χ4v) is 3.24. The van der Waals surface area contributed by atoms with Gasteiger partial charge in [0.25, 0.3) is 0 Å². The van der Waals surface area contributed by atoms with Gasteiger partial charge in [-0.2, -0.15) is 0 Å². The van der Waals surface area contributed by atoms with Crippen molar-refractivity contribution in [3.8, 4) is 0 Å². The van der Waals surface area contributed by atoms with Crippen LogP contribution in [0, 0.1) is 5.92 Å². The van der Waals surface area contributed by atoms with E-state index in [1.165, 1.54) is 24.1 Å². The van der Waals surface area contributed by atoms with Crippen molar-refractivity contribution in [1.29, 1.82) is 0 Å². The van der Waals surface area contributed by atoms with Crippen LogP contribution < -0.4 is 10.2 Å². The number of nitrogens with zero attached hydrogens (tertiary/aromatic N) is 1. The summed E-state index contributed by atoms with van der Waals surface area (Å²) in [4.78, 5) is 2.47. The predicted molar refractivity (Wildman–Crippen MR) is 88.7 cm³/mol. The molecule has 0 aromatic heterocycles. The van der Waals surface area contributed by atoms with Crippen molar-refractivity contribution in [3.63, 3.8) is 0 Å². The van der Waals surface area contributed by atoms with Gasteiger partial charge >= 0.3 is 0 Å². The second-order valence-corrected chi connectivity index (χ2v) is 6.55. The molecule has 20 heavy (non-hydrogen) atoms. The first kappa shape index (κ1) is 15.7. The molecule has 2 unspecified atom stereocenters. The summed E-state index contributed by atoms with van der Waals surface area (Å²) in [5.41, 5.74) is 2.47. The lowest BCUT2D eigenvalue weighted by molar-refractivity contribution is 0.390. The summed E-state index contributed by atoms with van der Waals surface area (Å²) in [7, 11) is 0. The van der Waals surface area contributed by atoms with Gasteiger partial charge in [-0.25, -0.2) is 0 Å². The summed E-state index contributed by atoms with van der Waals surface area (Å²) in [5, 5.41) is 4.31. The number of hydrogen-bond donors (Lipinski definition) is 1. The van der Waals surface area contributed by atoms with Crippen LogP contribution >= 0.6 is 11.6 Å². The number of anilines is 1. The Hall–Kier alpha value is -0.730. The molecule has 1 saturated heterocycles. The Morgan fingerprint density at radius 3 is 2.80 bits per heavy atom. The van der Waals surface area contributed by atoms with Crippen molar-refractivity contribution in [2.45, 2.75) is 52.6 Å². The number of benzene rings is 1. The number of halogens is 1. The van der Waals surface area contributed by atoms with E-state index in [-0.39, 0.29) is 0 Å². The van der Waals surface area contributed by atoms with E-state index in [9.17, 15) is 0 Å². The minimum Gasteiger partial charge on any atom is -0.367 e. The highest BCUT2D eigenvalue weighted by molar-refractivity contribution is 6.33. The fraction of sp³-hybridized carbons (Fsp3) is 0.647. The molecule has 0 bridgehead atoms. The third kappa shape index (κ3) is 3.89. The van der Waals surface area contributed by atoms with Crippen LogP contribution in [0.25, 0.3) is 0 Å². The lowest BCUT2D eigenvalue weighted by Crippen LogP contribution is -2.41. The quantitative estimate of drug-likeness (QED) is 0.806.